The minimum atomic E-state index is -0.328. The van der Waals surface area contributed by atoms with Gasteiger partial charge in [-0.3, -0.25) is 9.59 Å². The lowest BCUT2D eigenvalue weighted by atomic mass is 9.89. The van der Waals surface area contributed by atoms with Crippen LogP contribution in [0, 0.1) is 0 Å². The highest BCUT2D eigenvalue weighted by Gasteiger charge is 2.35. The van der Waals surface area contributed by atoms with E-state index in [1.165, 1.54) is 0 Å². The van der Waals surface area contributed by atoms with E-state index in [-0.39, 0.29) is 17.5 Å². The van der Waals surface area contributed by atoms with Gasteiger partial charge in [-0.15, -0.1) is 0 Å². The van der Waals surface area contributed by atoms with Gasteiger partial charge in [-0.2, -0.15) is 5.10 Å². The monoisotopic (exact) mass is 580 g/mol. The Morgan fingerprint density at radius 2 is 1.77 bits per heavy atom. The molecule has 0 saturated carbocycles. The Morgan fingerprint density at radius 1 is 1.05 bits per heavy atom. The van der Waals surface area contributed by atoms with Crippen LogP contribution in [-0.4, -0.2) is 54.0 Å². The first-order valence-corrected chi connectivity index (χ1v) is 14.1. The van der Waals surface area contributed by atoms with Crippen molar-refractivity contribution in [2.24, 2.45) is 5.10 Å². The number of rotatable bonds is 8. The number of carbonyl (C=O) groups excluding carboxylic acids is 1. The fraction of sp³-hybridized carbons (Fsp3) is 0.258. The van der Waals surface area contributed by atoms with Crippen molar-refractivity contribution in [3.63, 3.8) is 0 Å². The second-order valence-electron chi connectivity index (χ2n) is 9.71. The Balaban J connectivity index is 1.65. The number of hydrogen-bond donors (Lipinski definition) is 1. The zero-order chi connectivity index (χ0) is 27.5. The van der Waals surface area contributed by atoms with Crippen molar-refractivity contribution in [1.29, 1.82) is 0 Å². The van der Waals surface area contributed by atoms with Gasteiger partial charge in [0.25, 0.3) is 5.56 Å². The van der Waals surface area contributed by atoms with Gasteiger partial charge < -0.3 is 9.88 Å². The minimum absolute atomic E-state index is 0.0695. The Morgan fingerprint density at radius 3 is 2.46 bits per heavy atom. The molecule has 1 aliphatic rings. The molecule has 8 heteroatoms. The second-order valence-corrected chi connectivity index (χ2v) is 10.6. The second kappa shape index (κ2) is 11.7. The molecule has 196 valence electrons. The van der Waals surface area contributed by atoms with E-state index in [1.807, 2.05) is 72.8 Å². The number of pyridine rings is 1. The lowest BCUT2D eigenvalue weighted by Gasteiger charge is -2.24. The minimum Gasteiger partial charge on any atom is -0.321 e. The zero-order valence-electron chi connectivity index (χ0n) is 22.2. The van der Waals surface area contributed by atoms with Crippen LogP contribution in [0.15, 0.2) is 87.2 Å². The van der Waals surface area contributed by atoms with Crippen molar-refractivity contribution < 1.29 is 4.79 Å². The lowest BCUT2D eigenvalue weighted by molar-refractivity contribution is -0.133. The van der Waals surface area contributed by atoms with E-state index in [0.717, 1.165) is 45.2 Å². The molecule has 0 fully saturated rings. The summed E-state index contributed by atoms with van der Waals surface area (Å²) in [6.07, 6.45) is 0.764. The first-order valence-electron chi connectivity index (χ1n) is 13.3. The van der Waals surface area contributed by atoms with Crippen molar-refractivity contribution in [1.82, 2.24) is 14.9 Å². The summed E-state index contributed by atoms with van der Waals surface area (Å²) in [7, 11) is 5.95. The number of H-pyrrole nitrogens is 1. The van der Waals surface area contributed by atoms with Gasteiger partial charge in [0.15, 0.2) is 0 Å². The SMILES string of the molecule is [B]c1ccc(C2CC(c3c(-c4ccccc4)c4cc(Br)ccc4[nH]c3=O)=NN2C(=O)CCN(CC)CC)cc1. The van der Waals surface area contributed by atoms with Crippen molar-refractivity contribution >= 4 is 51.8 Å². The molecule has 4 aromatic rings. The standard InChI is InChI=1S/C31H30BBrN4O2/c1-3-36(4-2)17-16-28(38)37-27(20-10-12-22(32)13-11-20)19-26(35-37)30-29(21-8-6-5-7-9-21)24-18-23(33)14-15-25(24)34-31(30)39/h5-15,18,27H,3-4,16-17,19H2,1-2H3,(H,34,39). The molecule has 1 N–H and O–H groups in total. The maximum Gasteiger partial charge on any atom is 0.258 e. The van der Waals surface area contributed by atoms with E-state index in [2.05, 4.69) is 39.7 Å². The number of fused-ring (bicyclic) bond motifs is 1. The molecule has 0 saturated heterocycles. The topological polar surface area (TPSA) is 68.8 Å². The van der Waals surface area contributed by atoms with Gasteiger partial charge in [0, 0.05) is 40.3 Å². The molecule has 1 aliphatic heterocycles. The van der Waals surface area contributed by atoms with Crippen LogP contribution >= 0.6 is 15.9 Å². The number of amides is 1. The number of nitrogens with zero attached hydrogens (tertiary/aromatic N) is 3. The fourth-order valence-corrected chi connectivity index (χ4v) is 5.58. The summed E-state index contributed by atoms with van der Waals surface area (Å²) in [5, 5.41) is 7.34. The number of nitrogens with one attached hydrogen (secondary N) is 1. The van der Waals surface area contributed by atoms with E-state index in [4.69, 9.17) is 12.9 Å². The third-order valence-corrected chi connectivity index (χ3v) is 7.84. The predicted octanol–water partition coefficient (Wildman–Crippen LogP) is 5.16. The van der Waals surface area contributed by atoms with E-state index >= 15 is 0 Å². The molecule has 1 aromatic heterocycles. The van der Waals surface area contributed by atoms with Gasteiger partial charge in [0.1, 0.15) is 7.85 Å². The van der Waals surface area contributed by atoms with E-state index < -0.39 is 0 Å². The number of halogens is 1. The maximum atomic E-state index is 13.7. The molecule has 6 nitrogen and oxygen atoms in total. The highest BCUT2D eigenvalue weighted by Crippen LogP contribution is 2.37. The molecule has 5 rings (SSSR count). The Bertz CT molecular complexity index is 1580. The molecule has 3 aromatic carbocycles. The molecule has 39 heavy (non-hydrogen) atoms. The van der Waals surface area contributed by atoms with Crippen LogP contribution in [0.2, 0.25) is 0 Å². The Labute approximate surface area is 238 Å². The van der Waals surface area contributed by atoms with Crippen LogP contribution in [-0.2, 0) is 4.79 Å². The molecule has 2 heterocycles. The van der Waals surface area contributed by atoms with Gasteiger partial charge in [-0.05, 0) is 42.4 Å². The molecule has 1 atom stereocenters. The average Bonchev–Trinajstić information content (AvgIpc) is 3.39. The van der Waals surface area contributed by atoms with Crippen LogP contribution in [0.25, 0.3) is 22.0 Å². The molecule has 0 spiro atoms. The van der Waals surface area contributed by atoms with Gasteiger partial charge in [0.05, 0.1) is 17.3 Å². The summed E-state index contributed by atoms with van der Waals surface area (Å²) in [6.45, 7) is 6.59. The number of hydrogen-bond acceptors (Lipinski definition) is 4. The Hall–Kier alpha value is -3.49. The zero-order valence-corrected chi connectivity index (χ0v) is 23.7. The number of carbonyl (C=O) groups is 1. The smallest absolute Gasteiger partial charge is 0.258 e. The lowest BCUT2D eigenvalue weighted by Crippen LogP contribution is -2.32. The average molecular weight is 581 g/mol. The first-order chi connectivity index (χ1) is 18.9. The van der Waals surface area contributed by atoms with Gasteiger partial charge >= 0.3 is 0 Å². The summed E-state index contributed by atoms with van der Waals surface area (Å²) >= 11 is 3.59. The normalized spacial score (nSPS) is 15.2. The summed E-state index contributed by atoms with van der Waals surface area (Å²) in [4.78, 5) is 32.5. The van der Waals surface area contributed by atoms with Crippen LogP contribution < -0.4 is 11.0 Å². The van der Waals surface area contributed by atoms with Crippen molar-refractivity contribution in [3.05, 3.63) is 98.7 Å². The van der Waals surface area contributed by atoms with Crippen LogP contribution in [0.4, 0.5) is 0 Å². The molecule has 1 unspecified atom stereocenters. The number of aromatic amines is 1. The summed E-state index contributed by atoms with van der Waals surface area (Å²) in [5.41, 5.74) is 4.91. The quantitative estimate of drug-likeness (QED) is 0.293. The van der Waals surface area contributed by atoms with Crippen LogP contribution in [0.1, 0.15) is 43.9 Å². The molecule has 0 aliphatic carbocycles. The fourth-order valence-electron chi connectivity index (χ4n) is 5.22. The van der Waals surface area contributed by atoms with Gasteiger partial charge in [-0.25, -0.2) is 5.01 Å². The first kappa shape index (κ1) is 27.1. The number of aromatic nitrogens is 1. The van der Waals surface area contributed by atoms with Crippen molar-refractivity contribution in [3.8, 4) is 11.1 Å². The van der Waals surface area contributed by atoms with E-state index in [9.17, 15) is 9.59 Å². The highest BCUT2D eigenvalue weighted by atomic mass is 79.9. The summed E-state index contributed by atoms with van der Waals surface area (Å²) < 4.78 is 0.909. The predicted molar refractivity (Wildman–Crippen MR) is 163 cm³/mol. The number of hydrazone groups is 1. The van der Waals surface area contributed by atoms with Gasteiger partial charge in [0.2, 0.25) is 5.91 Å². The third-order valence-electron chi connectivity index (χ3n) is 7.35. The summed E-state index contributed by atoms with van der Waals surface area (Å²) in [5.74, 6) is -0.0695. The van der Waals surface area contributed by atoms with Crippen LogP contribution in [0.5, 0.6) is 0 Å². The largest absolute Gasteiger partial charge is 0.321 e. The third kappa shape index (κ3) is 5.63. The van der Waals surface area contributed by atoms with Crippen molar-refractivity contribution in [2.45, 2.75) is 32.7 Å². The van der Waals surface area contributed by atoms with E-state index in [1.54, 1.807) is 5.01 Å². The molecule has 0 bridgehead atoms. The molecule has 2 radical (unpaired) electrons. The van der Waals surface area contributed by atoms with E-state index in [0.29, 0.717) is 36.1 Å². The Kier molecular flexibility index (Phi) is 8.14. The highest BCUT2D eigenvalue weighted by molar-refractivity contribution is 9.10. The molecule has 1 amide bonds. The van der Waals surface area contributed by atoms with Crippen molar-refractivity contribution in [2.75, 3.05) is 19.6 Å². The molecular weight excluding hydrogens is 551 g/mol. The summed E-state index contributed by atoms with van der Waals surface area (Å²) in [6, 6.07) is 22.9. The van der Waals surface area contributed by atoms with Gasteiger partial charge in [-0.1, -0.05) is 89.8 Å². The number of benzene rings is 3. The van der Waals surface area contributed by atoms with Crippen LogP contribution in [0.3, 0.4) is 0 Å². The molecular formula is C31H30BBrN4O2. The maximum absolute atomic E-state index is 13.7.